The molecule has 4 nitrogen and oxygen atoms in total. The van der Waals surface area contributed by atoms with Gasteiger partial charge in [0.25, 0.3) is 5.91 Å². The number of thiophene rings is 1. The number of nitrogens with one attached hydrogen (secondary N) is 1. The highest BCUT2D eigenvalue weighted by atomic mass is 32.1. The van der Waals surface area contributed by atoms with Crippen LogP contribution in [0.25, 0.3) is 10.8 Å². The highest BCUT2D eigenvalue weighted by Gasteiger charge is 2.33. The Morgan fingerprint density at radius 1 is 1.06 bits per heavy atom. The lowest BCUT2D eigenvalue weighted by atomic mass is 9.72. The summed E-state index contributed by atoms with van der Waals surface area (Å²) >= 11 is 1.67. The summed E-state index contributed by atoms with van der Waals surface area (Å²) in [7, 11) is 1.66. The van der Waals surface area contributed by atoms with E-state index in [4.69, 9.17) is 9.73 Å². The molecule has 0 saturated heterocycles. The van der Waals surface area contributed by atoms with Crippen LogP contribution in [0.3, 0.4) is 0 Å². The van der Waals surface area contributed by atoms with E-state index in [-0.39, 0.29) is 11.3 Å². The molecule has 0 bridgehead atoms. The highest BCUT2D eigenvalue weighted by molar-refractivity contribution is 7.16. The van der Waals surface area contributed by atoms with Gasteiger partial charge in [-0.3, -0.25) is 4.79 Å². The number of methoxy groups -OCH3 is 1. The van der Waals surface area contributed by atoms with E-state index in [9.17, 15) is 4.79 Å². The molecule has 1 aliphatic rings. The van der Waals surface area contributed by atoms with Gasteiger partial charge in [-0.25, -0.2) is 4.99 Å². The Morgan fingerprint density at radius 3 is 2.56 bits per heavy atom. The minimum Gasteiger partial charge on any atom is -0.497 e. The first-order chi connectivity index (χ1) is 17.3. The van der Waals surface area contributed by atoms with Crippen molar-refractivity contribution in [1.29, 1.82) is 0 Å². The molecule has 5 rings (SSSR count). The molecule has 1 heterocycles. The van der Waals surface area contributed by atoms with E-state index < -0.39 is 0 Å². The predicted molar refractivity (Wildman–Crippen MR) is 151 cm³/mol. The van der Waals surface area contributed by atoms with Crippen LogP contribution in [0.4, 0.5) is 10.7 Å². The minimum atomic E-state index is -0.0834. The number of carbonyl (C=O) groups excluding carboxylic acids is 1. The fourth-order valence-electron chi connectivity index (χ4n) is 4.98. The average molecular weight is 497 g/mol. The molecule has 1 unspecified atom stereocenters. The zero-order valence-electron chi connectivity index (χ0n) is 21.3. The fraction of sp³-hybridized carbons (Fsp3) is 0.290. The molecule has 0 spiro atoms. The van der Waals surface area contributed by atoms with E-state index in [1.807, 2.05) is 60.8 Å². The van der Waals surface area contributed by atoms with Gasteiger partial charge in [-0.1, -0.05) is 57.2 Å². The summed E-state index contributed by atoms with van der Waals surface area (Å²) in [5.41, 5.74) is 3.92. The summed E-state index contributed by atoms with van der Waals surface area (Å²) in [6, 6.07) is 21.9. The Kier molecular flexibility index (Phi) is 6.67. The topological polar surface area (TPSA) is 50.7 Å². The zero-order valence-corrected chi connectivity index (χ0v) is 22.1. The molecule has 3 aromatic carbocycles. The van der Waals surface area contributed by atoms with Gasteiger partial charge in [0.2, 0.25) is 0 Å². The summed E-state index contributed by atoms with van der Waals surface area (Å²) in [6.07, 6.45) is 4.83. The zero-order chi connectivity index (χ0) is 25.3. The monoisotopic (exact) mass is 496 g/mol. The van der Waals surface area contributed by atoms with Crippen LogP contribution in [0.2, 0.25) is 0 Å². The number of hydrogen-bond acceptors (Lipinski definition) is 4. The van der Waals surface area contributed by atoms with Crippen LogP contribution < -0.4 is 10.1 Å². The van der Waals surface area contributed by atoms with E-state index in [1.165, 1.54) is 10.4 Å². The van der Waals surface area contributed by atoms with Crippen molar-refractivity contribution in [2.45, 2.75) is 40.0 Å². The first kappa shape index (κ1) is 24.3. The van der Waals surface area contributed by atoms with Crippen molar-refractivity contribution in [3.05, 3.63) is 88.3 Å². The van der Waals surface area contributed by atoms with Gasteiger partial charge in [0, 0.05) is 22.2 Å². The summed E-state index contributed by atoms with van der Waals surface area (Å²) in [5, 5.41) is 6.13. The predicted octanol–water partition coefficient (Wildman–Crippen LogP) is 8.06. The summed E-state index contributed by atoms with van der Waals surface area (Å²) in [6.45, 7) is 6.94. The number of hydrogen-bond donors (Lipinski definition) is 1. The lowest BCUT2D eigenvalue weighted by molar-refractivity contribution is 0.102. The standard InChI is InChI=1S/C31H32N2O2S/c1-31(2,3)22-14-17-25-27(18-22)36-30(32-19-20-12-15-23(35-4)16-13-20)28(25)29(34)33-26-11-7-9-21-8-5-6-10-24(21)26/h5-13,15-16,19,22H,14,17-18H2,1-4H3,(H,33,34)/b32-19+. The van der Waals surface area contributed by atoms with Gasteiger partial charge in [-0.15, -0.1) is 11.3 Å². The first-order valence-corrected chi connectivity index (χ1v) is 13.3. The summed E-state index contributed by atoms with van der Waals surface area (Å²) in [5.74, 6) is 1.32. The molecule has 184 valence electrons. The molecule has 4 aromatic rings. The Hall–Kier alpha value is -3.44. The Bertz CT molecular complexity index is 1420. The third-order valence-corrected chi connectivity index (χ3v) is 8.35. The molecule has 0 aliphatic heterocycles. The number of nitrogens with zero attached hydrogens (tertiary/aromatic N) is 1. The second kappa shape index (κ2) is 9.90. The number of aliphatic imine (C=N–C) groups is 1. The smallest absolute Gasteiger partial charge is 0.259 e. The maximum absolute atomic E-state index is 13.8. The molecule has 1 aromatic heterocycles. The summed E-state index contributed by atoms with van der Waals surface area (Å²) < 4.78 is 5.27. The Morgan fingerprint density at radius 2 is 1.81 bits per heavy atom. The van der Waals surface area contributed by atoms with Gasteiger partial charge in [0.15, 0.2) is 0 Å². The maximum atomic E-state index is 13.8. The molecule has 1 atom stereocenters. The highest BCUT2D eigenvalue weighted by Crippen LogP contribution is 2.45. The second-order valence-corrected chi connectivity index (χ2v) is 11.6. The molecule has 0 fully saturated rings. The Balaban J connectivity index is 1.52. The molecule has 36 heavy (non-hydrogen) atoms. The molecule has 1 N–H and O–H groups in total. The first-order valence-electron chi connectivity index (χ1n) is 12.5. The van der Waals surface area contributed by atoms with Gasteiger partial charge >= 0.3 is 0 Å². The van der Waals surface area contributed by atoms with Crippen LogP contribution in [-0.4, -0.2) is 19.2 Å². The van der Waals surface area contributed by atoms with E-state index >= 15 is 0 Å². The van der Waals surface area contributed by atoms with Crippen molar-refractivity contribution >= 4 is 44.9 Å². The molecule has 1 amide bonds. The lowest BCUT2D eigenvalue weighted by Gasteiger charge is -2.33. The number of benzene rings is 3. The van der Waals surface area contributed by atoms with E-state index in [2.05, 4.69) is 38.2 Å². The van der Waals surface area contributed by atoms with E-state index in [0.717, 1.165) is 57.6 Å². The Labute approximate surface area is 217 Å². The van der Waals surface area contributed by atoms with Crippen molar-refractivity contribution in [2.24, 2.45) is 16.3 Å². The molecule has 0 saturated carbocycles. The number of amides is 1. The van der Waals surface area contributed by atoms with Crippen molar-refractivity contribution in [3.63, 3.8) is 0 Å². The number of rotatable bonds is 5. The van der Waals surface area contributed by atoms with Crippen LogP contribution in [0, 0.1) is 11.3 Å². The van der Waals surface area contributed by atoms with Crippen molar-refractivity contribution in [3.8, 4) is 5.75 Å². The van der Waals surface area contributed by atoms with E-state index in [1.54, 1.807) is 18.4 Å². The summed E-state index contributed by atoms with van der Waals surface area (Å²) in [4.78, 5) is 19.9. The van der Waals surface area contributed by atoms with Gasteiger partial charge in [-0.2, -0.15) is 0 Å². The molecular formula is C31H32N2O2S. The molecular weight excluding hydrogens is 464 g/mol. The van der Waals surface area contributed by atoms with Crippen LogP contribution in [-0.2, 0) is 12.8 Å². The van der Waals surface area contributed by atoms with Crippen molar-refractivity contribution in [1.82, 2.24) is 0 Å². The lowest BCUT2D eigenvalue weighted by Crippen LogP contribution is -2.27. The third kappa shape index (κ3) is 4.93. The SMILES string of the molecule is COc1ccc(/C=N/c2sc3c(c2C(=O)Nc2cccc4ccccc24)CCC(C(C)(C)C)C3)cc1. The molecule has 5 heteroatoms. The van der Waals surface area contributed by atoms with Gasteiger partial charge < -0.3 is 10.1 Å². The maximum Gasteiger partial charge on any atom is 0.259 e. The largest absolute Gasteiger partial charge is 0.497 e. The quantitative estimate of drug-likeness (QED) is 0.284. The van der Waals surface area contributed by atoms with Gasteiger partial charge in [0.05, 0.1) is 12.7 Å². The number of anilines is 1. The molecule has 1 aliphatic carbocycles. The van der Waals surface area contributed by atoms with Crippen LogP contribution in [0.1, 0.15) is 53.6 Å². The molecule has 0 radical (unpaired) electrons. The van der Waals surface area contributed by atoms with Crippen LogP contribution in [0.5, 0.6) is 5.75 Å². The second-order valence-electron chi connectivity index (χ2n) is 10.5. The number of fused-ring (bicyclic) bond motifs is 2. The number of carbonyl (C=O) groups is 1. The van der Waals surface area contributed by atoms with Crippen molar-refractivity contribution in [2.75, 3.05) is 12.4 Å². The van der Waals surface area contributed by atoms with Gasteiger partial charge in [-0.05, 0) is 77.4 Å². The van der Waals surface area contributed by atoms with E-state index in [0.29, 0.717) is 5.92 Å². The van der Waals surface area contributed by atoms with Crippen molar-refractivity contribution < 1.29 is 9.53 Å². The minimum absolute atomic E-state index is 0.0834. The van der Waals surface area contributed by atoms with Crippen LogP contribution in [0.15, 0.2) is 71.7 Å². The normalized spacial score (nSPS) is 15.7. The van der Waals surface area contributed by atoms with Gasteiger partial charge in [0.1, 0.15) is 10.8 Å². The number of ether oxygens (including phenoxy) is 1. The van der Waals surface area contributed by atoms with Crippen LogP contribution >= 0.6 is 11.3 Å². The fourth-order valence-corrected chi connectivity index (χ4v) is 6.25. The average Bonchev–Trinajstić information content (AvgIpc) is 3.25. The third-order valence-electron chi connectivity index (χ3n) is 7.18.